The lowest BCUT2D eigenvalue weighted by Gasteiger charge is -2.12. The van der Waals surface area contributed by atoms with Crippen LogP contribution in [0.25, 0.3) is 10.9 Å². The van der Waals surface area contributed by atoms with Gasteiger partial charge in [0.1, 0.15) is 5.67 Å². The van der Waals surface area contributed by atoms with E-state index in [-0.39, 0.29) is 0 Å². The Morgan fingerprint density at radius 3 is 2.79 bits per heavy atom. The molecule has 0 spiro atoms. The first-order valence-electron chi connectivity index (χ1n) is 4.42. The molecule has 0 radical (unpaired) electrons. The number of benzene rings is 1. The van der Waals surface area contributed by atoms with Crippen molar-refractivity contribution in [2.75, 3.05) is 5.73 Å². The molecule has 3 nitrogen and oxygen atoms in total. The zero-order chi connectivity index (χ0) is 10.3. The Bertz CT molecular complexity index is 468. The summed E-state index contributed by atoms with van der Waals surface area (Å²) in [6.07, 6.45) is 0. The van der Waals surface area contributed by atoms with E-state index in [0.717, 1.165) is 0 Å². The molecule has 0 atom stereocenters. The quantitative estimate of drug-likeness (QED) is 0.683. The summed E-state index contributed by atoms with van der Waals surface area (Å²) in [4.78, 5) is 0. The molecular weight excluding hydrogens is 181 g/mol. The summed E-state index contributed by atoms with van der Waals surface area (Å²) in [6.45, 7) is 2.96. The predicted molar refractivity (Wildman–Crippen MR) is 54.6 cm³/mol. The van der Waals surface area contributed by atoms with Gasteiger partial charge in [-0.05, 0) is 26.0 Å². The van der Waals surface area contributed by atoms with E-state index in [1.165, 1.54) is 13.8 Å². The summed E-state index contributed by atoms with van der Waals surface area (Å²) in [5.74, 6) is 0. The van der Waals surface area contributed by atoms with E-state index in [2.05, 4.69) is 10.2 Å². The lowest BCUT2D eigenvalue weighted by molar-refractivity contribution is 0.216. The van der Waals surface area contributed by atoms with Gasteiger partial charge in [0.15, 0.2) is 0 Å². The number of aromatic nitrogens is 2. The predicted octanol–water partition coefficient (Wildman–Crippen LogP) is 2.35. The van der Waals surface area contributed by atoms with Crippen LogP contribution in [0.3, 0.4) is 0 Å². The van der Waals surface area contributed by atoms with Crippen LogP contribution < -0.4 is 5.73 Å². The third-order valence-corrected chi connectivity index (χ3v) is 2.21. The maximum Gasteiger partial charge on any atom is 0.147 e. The van der Waals surface area contributed by atoms with Crippen molar-refractivity contribution in [3.63, 3.8) is 0 Å². The van der Waals surface area contributed by atoms with Gasteiger partial charge in [-0.1, -0.05) is 6.07 Å². The van der Waals surface area contributed by atoms with Crippen LogP contribution in [0.4, 0.5) is 10.1 Å². The van der Waals surface area contributed by atoms with Crippen LogP contribution in [0, 0.1) is 0 Å². The number of H-pyrrole nitrogens is 1. The molecule has 0 saturated carbocycles. The van der Waals surface area contributed by atoms with Crippen molar-refractivity contribution in [1.82, 2.24) is 10.2 Å². The third kappa shape index (κ3) is 1.23. The van der Waals surface area contributed by atoms with Crippen molar-refractivity contribution in [3.05, 3.63) is 23.9 Å². The number of nitrogens with one attached hydrogen (secondary N) is 1. The summed E-state index contributed by atoms with van der Waals surface area (Å²) < 4.78 is 13.7. The van der Waals surface area contributed by atoms with Crippen LogP contribution in [0.2, 0.25) is 0 Å². The normalized spacial score (nSPS) is 12.2. The lowest BCUT2D eigenvalue weighted by Crippen LogP contribution is -2.10. The topological polar surface area (TPSA) is 54.7 Å². The fourth-order valence-electron chi connectivity index (χ4n) is 1.53. The highest BCUT2D eigenvalue weighted by molar-refractivity contribution is 5.93. The Balaban J connectivity index is 2.80. The van der Waals surface area contributed by atoms with Gasteiger partial charge in [0.25, 0.3) is 0 Å². The molecule has 0 amide bonds. The van der Waals surface area contributed by atoms with Crippen molar-refractivity contribution < 1.29 is 4.39 Å². The van der Waals surface area contributed by atoms with Gasteiger partial charge in [-0.25, -0.2) is 4.39 Å². The molecule has 1 aromatic carbocycles. The smallest absolute Gasteiger partial charge is 0.147 e. The highest BCUT2D eigenvalue weighted by Crippen LogP contribution is 2.32. The standard InChI is InChI=1S/C10H12FN3/c1-10(2,11)9-8-6(12)4-3-5-7(8)13-14-9/h3-5H,12H2,1-2H3,(H,13,14). The Morgan fingerprint density at radius 1 is 1.43 bits per heavy atom. The summed E-state index contributed by atoms with van der Waals surface area (Å²) in [5, 5.41) is 7.37. The third-order valence-electron chi connectivity index (χ3n) is 2.21. The second-order valence-corrected chi connectivity index (χ2v) is 3.81. The Labute approximate surface area is 81.1 Å². The number of aromatic amines is 1. The number of nitrogen functional groups attached to an aromatic ring is 1. The van der Waals surface area contributed by atoms with E-state index in [0.29, 0.717) is 22.3 Å². The first-order valence-corrected chi connectivity index (χ1v) is 4.42. The van der Waals surface area contributed by atoms with Crippen molar-refractivity contribution in [2.45, 2.75) is 19.5 Å². The minimum absolute atomic E-state index is 0.436. The fourth-order valence-corrected chi connectivity index (χ4v) is 1.53. The highest BCUT2D eigenvalue weighted by atomic mass is 19.1. The van der Waals surface area contributed by atoms with Crippen molar-refractivity contribution in [3.8, 4) is 0 Å². The summed E-state index contributed by atoms with van der Waals surface area (Å²) in [7, 11) is 0. The van der Waals surface area contributed by atoms with Crippen LogP contribution in [0.15, 0.2) is 18.2 Å². The van der Waals surface area contributed by atoms with E-state index in [4.69, 9.17) is 5.73 Å². The molecule has 14 heavy (non-hydrogen) atoms. The van der Waals surface area contributed by atoms with E-state index in [9.17, 15) is 4.39 Å². The van der Waals surface area contributed by atoms with Gasteiger partial charge in [-0.3, -0.25) is 5.10 Å². The molecule has 3 N–H and O–H groups in total. The Morgan fingerprint density at radius 2 is 2.14 bits per heavy atom. The molecule has 2 rings (SSSR count). The zero-order valence-corrected chi connectivity index (χ0v) is 8.13. The number of alkyl halides is 1. The number of nitrogens with two attached hydrogens (primary N) is 1. The molecule has 0 fully saturated rings. The minimum atomic E-state index is -1.45. The molecule has 0 saturated heterocycles. The van der Waals surface area contributed by atoms with Gasteiger partial charge in [-0.2, -0.15) is 5.10 Å². The van der Waals surface area contributed by atoms with Crippen LogP contribution in [-0.4, -0.2) is 10.2 Å². The number of halogens is 1. The molecule has 1 heterocycles. The molecule has 0 aliphatic rings. The first-order chi connectivity index (χ1) is 6.50. The number of hydrogen-bond acceptors (Lipinski definition) is 2. The second kappa shape index (κ2) is 2.70. The van der Waals surface area contributed by atoms with Crippen LogP contribution in [-0.2, 0) is 5.67 Å². The Hall–Kier alpha value is -1.58. The molecule has 0 aliphatic carbocycles. The van der Waals surface area contributed by atoms with E-state index in [1.54, 1.807) is 18.2 Å². The Kier molecular flexibility index (Phi) is 1.74. The number of rotatable bonds is 1. The van der Waals surface area contributed by atoms with Gasteiger partial charge >= 0.3 is 0 Å². The van der Waals surface area contributed by atoms with Gasteiger partial charge in [0.2, 0.25) is 0 Å². The molecule has 0 unspecified atom stereocenters. The van der Waals surface area contributed by atoms with Gasteiger partial charge in [-0.15, -0.1) is 0 Å². The van der Waals surface area contributed by atoms with Crippen LogP contribution in [0.1, 0.15) is 19.5 Å². The van der Waals surface area contributed by atoms with Crippen molar-refractivity contribution in [1.29, 1.82) is 0 Å². The molecule has 0 aliphatic heterocycles. The second-order valence-electron chi connectivity index (χ2n) is 3.81. The summed E-state index contributed by atoms with van der Waals surface area (Å²) in [5.41, 5.74) is 6.01. The minimum Gasteiger partial charge on any atom is -0.398 e. The van der Waals surface area contributed by atoms with E-state index >= 15 is 0 Å². The monoisotopic (exact) mass is 193 g/mol. The molecule has 0 bridgehead atoms. The number of anilines is 1. The summed E-state index contributed by atoms with van der Waals surface area (Å²) >= 11 is 0. The molecule has 4 heteroatoms. The number of nitrogens with zero attached hydrogens (tertiary/aromatic N) is 1. The average Bonchev–Trinajstić information content (AvgIpc) is 2.47. The van der Waals surface area contributed by atoms with E-state index < -0.39 is 5.67 Å². The largest absolute Gasteiger partial charge is 0.398 e. The fraction of sp³-hybridized carbons (Fsp3) is 0.300. The highest BCUT2D eigenvalue weighted by Gasteiger charge is 2.24. The number of fused-ring (bicyclic) bond motifs is 1. The summed E-state index contributed by atoms with van der Waals surface area (Å²) in [6, 6.07) is 5.35. The molecule has 1 aromatic heterocycles. The zero-order valence-electron chi connectivity index (χ0n) is 8.13. The molecular formula is C10H12FN3. The maximum atomic E-state index is 13.7. The SMILES string of the molecule is CC(C)(F)c1[nH]nc2cccc(N)c12. The molecule has 74 valence electrons. The van der Waals surface area contributed by atoms with Crippen LogP contribution in [0.5, 0.6) is 0 Å². The maximum absolute atomic E-state index is 13.7. The van der Waals surface area contributed by atoms with Gasteiger partial charge in [0.05, 0.1) is 11.2 Å². The average molecular weight is 193 g/mol. The first kappa shape index (κ1) is 8.99. The molecule has 2 aromatic rings. The van der Waals surface area contributed by atoms with Crippen LogP contribution >= 0.6 is 0 Å². The van der Waals surface area contributed by atoms with Crippen molar-refractivity contribution >= 4 is 16.6 Å². The van der Waals surface area contributed by atoms with E-state index in [1.807, 2.05) is 0 Å². The van der Waals surface area contributed by atoms with Crippen molar-refractivity contribution in [2.24, 2.45) is 0 Å². The van der Waals surface area contributed by atoms with Gasteiger partial charge in [0, 0.05) is 11.1 Å². The lowest BCUT2D eigenvalue weighted by atomic mass is 10.0. The number of hydrogen-bond donors (Lipinski definition) is 2. The van der Waals surface area contributed by atoms with Gasteiger partial charge < -0.3 is 5.73 Å².